The van der Waals surface area contributed by atoms with Gasteiger partial charge in [-0.1, -0.05) is 53.6 Å². The fraction of sp³-hybridized carbons (Fsp3) is 0.227. The van der Waals surface area contributed by atoms with Gasteiger partial charge in [0.1, 0.15) is 0 Å². The average Bonchev–Trinajstić information content (AvgIpc) is 2.69. The fourth-order valence-electron chi connectivity index (χ4n) is 2.78. The van der Waals surface area contributed by atoms with Gasteiger partial charge in [0.2, 0.25) is 5.91 Å². The molecule has 0 bridgehead atoms. The maximum Gasteiger partial charge on any atom is 0.266 e. The minimum absolute atomic E-state index is 0.108. The molecule has 0 fully saturated rings. The highest BCUT2D eigenvalue weighted by Crippen LogP contribution is 2.15. The van der Waals surface area contributed by atoms with Gasteiger partial charge in [-0.15, -0.1) is 0 Å². The number of aromatic nitrogens is 2. The molecule has 1 amide bonds. The Labute approximate surface area is 169 Å². The first-order valence-electron chi connectivity index (χ1n) is 9.17. The molecule has 1 N–H and O–H groups in total. The van der Waals surface area contributed by atoms with Crippen LogP contribution in [0.5, 0.6) is 0 Å². The van der Waals surface area contributed by atoms with E-state index in [1.54, 1.807) is 6.07 Å². The van der Waals surface area contributed by atoms with Gasteiger partial charge in [0.05, 0.1) is 12.2 Å². The van der Waals surface area contributed by atoms with Crippen molar-refractivity contribution in [3.05, 3.63) is 87.2 Å². The second-order valence-electron chi connectivity index (χ2n) is 6.62. The predicted octanol–water partition coefficient (Wildman–Crippen LogP) is 3.62. The van der Waals surface area contributed by atoms with Crippen LogP contribution in [0.15, 0.2) is 65.5 Å². The lowest BCUT2D eigenvalue weighted by Crippen LogP contribution is -2.29. The van der Waals surface area contributed by atoms with E-state index >= 15 is 0 Å². The van der Waals surface area contributed by atoms with E-state index in [1.807, 2.05) is 55.5 Å². The molecule has 2 aromatic carbocycles. The van der Waals surface area contributed by atoms with Gasteiger partial charge in [-0.2, -0.15) is 5.10 Å². The summed E-state index contributed by atoms with van der Waals surface area (Å²) in [4.78, 5) is 24.1. The van der Waals surface area contributed by atoms with Crippen LogP contribution in [0, 0.1) is 6.92 Å². The summed E-state index contributed by atoms with van der Waals surface area (Å²) in [6, 6.07) is 18.7. The fourth-order valence-corrected chi connectivity index (χ4v) is 2.91. The number of benzene rings is 2. The van der Waals surface area contributed by atoms with Gasteiger partial charge in [-0.25, -0.2) is 4.68 Å². The Morgan fingerprint density at radius 1 is 1.04 bits per heavy atom. The number of hydrogen-bond acceptors (Lipinski definition) is 3. The van der Waals surface area contributed by atoms with Crippen LogP contribution < -0.4 is 10.9 Å². The van der Waals surface area contributed by atoms with E-state index in [0.717, 1.165) is 23.1 Å². The van der Waals surface area contributed by atoms with E-state index in [0.29, 0.717) is 17.3 Å². The Morgan fingerprint density at radius 3 is 2.46 bits per heavy atom. The minimum atomic E-state index is -0.218. The van der Waals surface area contributed by atoms with Gasteiger partial charge in [0, 0.05) is 29.6 Å². The Morgan fingerprint density at radius 2 is 1.75 bits per heavy atom. The monoisotopic (exact) mass is 395 g/mol. The molecule has 0 aliphatic rings. The third-order valence-electron chi connectivity index (χ3n) is 4.41. The molecule has 3 rings (SSSR count). The third-order valence-corrected chi connectivity index (χ3v) is 4.67. The molecular formula is C22H22ClN3O2. The first-order valence-corrected chi connectivity index (χ1v) is 9.55. The topological polar surface area (TPSA) is 64.0 Å². The summed E-state index contributed by atoms with van der Waals surface area (Å²) in [5.74, 6) is -0.108. The summed E-state index contributed by atoms with van der Waals surface area (Å²) in [5.41, 5.74) is 3.69. The van der Waals surface area contributed by atoms with Crippen LogP contribution in [-0.2, 0) is 17.8 Å². The van der Waals surface area contributed by atoms with Crippen LogP contribution >= 0.6 is 11.6 Å². The van der Waals surface area contributed by atoms with Gasteiger partial charge in [-0.3, -0.25) is 9.59 Å². The van der Waals surface area contributed by atoms with Gasteiger partial charge in [0.25, 0.3) is 5.56 Å². The highest BCUT2D eigenvalue weighted by Gasteiger charge is 2.06. The molecule has 1 aromatic heterocycles. The minimum Gasteiger partial charge on any atom is -0.356 e. The van der Waals surface area contributed by atoms with Crippen LogP contribution in [-0.4, -0.2) is 22.2 Å². The molecule has 5 nitrogen and oxygen atoms in total. The SMILES string of the molecule is Cc1ccc(-c2ccc(=O)n(CCC(=O)NCCc3ccc(Cl)cc3)n2)cc1. The quantitative estimate of drug-likeness (QED) is 0.664. The number of nitrogens with one attached hydrogen (secondary N) is 1. The molecule has 0 spiro atoms. The molecule has 0 atom stereocenters. The standard InChI is InChI=1S/C22H22ClN3O2/c1-16-2-6-18(7-3-16)20-10-11-22(28)26(25-20)15-13-21(27)24-14-12-17-4-8-19(23)9-5-17/h2-11H,12-15H2,1H3,(H,24,27). The van der Waals surface area contributed by atoms with Gasteiger partial charge in [0.15, 0.2) is 0 Å². The summed E-state index contributed by atoms with van der Waals surface area (Å²) >= 11 is 5.86. The maximum atomic E-state index is 12.1. The number of nitrogens with zero attached hydrogens (tertiary/aromatic N) is 2. The van der Waals surface area contributed by atoms with Crippen LogP contribution in [0.3, 0.4) is 0 Å². The van der Waals surface area contributed by atoms with Crippen molar-refractivity contribution < 1.29 is 4.79 Å². The lowest BCUT2D eigenvalue weighted by atomic mass is 10.1. The summed E-state index contributed by atoms with van der Waals surface area (Å²) in [5, 5.41) is 7.96. The predicted molar refractivity (Wildman–Crippen MR) is 111 cm³/mol. The second-order valence-corrected chi connectivity index (χ2v) is 7.06. The molecule has 28 heavy (non-hydrogen) atoms. The molecule has 3 aromatic rings. The van der Waals surface area contributed by atoms with E-state index in [9.17, 15) is 9.59 Å². The van der Waals surface area contributed by atoms with Gasteiger partial charge >= 0.3 is 0 Å². The van der Waals surface area contributed by atoms with Crippen molar-refractivity contribution in [2.24, 2.45) is 0 Å². The lowest BCUT2D eigenvalue weighted by molar-refractivity contribution is -0.121. The number of halogens is 1. The molecule has 144 valence electrons. The summed E-state index contributed by atoms with van der Waals surface area (Å²) in [7, 11) is 0. The summed E-state index contributed by atoms with van der Waals surface area (Å²) in [6.45, 7) is 2.79. The first kappa shape index (κ1) is 19.8. The molecule has 0 saturated heterocycles. The van der Waals surface area contributed by atoms with Crippen molar-refractivity contribution in [1.29, 1.82) is 0 Å². The number of aryl methyl sites for hydroxylation is 2. The van der Waals surface area contributed by atoms with E-state index in [4.69, 9.17) is 11.6 Å². The van der Waals surface area contributed by atoms with E-state index in [1.165, 1.54) is 10.7 Å². The van der Waals surface area contributed by atoms with Crippen molar-refractivity contribution in [3.63, 3.8) is 0 Å². The highest BCUT2D eigenvalue weighted by atomic mass is 35.5. The molecule has 0 aliphatic carbocycles. The van der Waals surface area contributed by atoms with Crippen LogP contribution in [0.25, 0.3) is 11.3 Å². The van der Waals surface area contributed by atoms with Crippen LogP contribution in [0.4, 0.5) is 0 Å². The number of amides is 1. The van der Waals surface area contributed by atoms with Crippen molar-refractivity contribution in [2.75, 3.05) is 6.54 Å². The lowest BCUT2D eigenvalue weighted by Gasteiger charge is -2.08. The summed E-state index contributed by atoms with van der Waals surface area (Å²) < 4.78 is 1.34. The van der Waals surface area contributed by atoms with Gasteiger partial charge < -0.3 is 5.32 Å². The average molecular weight is 396 g/mol. The number of rotatable bonds is 7. The summed E-state index contributed by atoms with van der Waals surface area (Å²) in [6.07, 6.45) is 0.925. The normalized spacial score (nSPS) is 10.6. The molecular weight excluding hydrogens is 374 g/mol. The largest absolute Gasteiger partial charge is 0.356 e. The van der Waals surface area contributed by atoms with E-state index in [2.05, 4.69) is 10.4 Å². The smallest absolute Gasteiger partial charge is 0.266 e. The van der Waals surface area contributed by atoms with Gasteiger partial charge in [-0.05, 0) is 37.1 Å². The number of hydrogen-bond donors (Lipinski definition) is 1. The van der Waals surface area contributed by atoms with E-state index in [-0.39, 0.29) is 24.4 Å². The molecule has 0 unspecified atom stereocenters. The first-order chi connectivity index (χ1) is 13.5. The van der Waals surface area contributed by atoms with Crippen molar-refractivity contribution in [2.45, 2.75) is 26.3 Å². The molecule has 0 radical (unpaired) electrons. The molecule has 6 heteroatoms. The Hall–Kier alpha value is -2.92. The van der Waals surface area contributed by atoms with Crippen molar-refractivity contribution in [1.82, 2.24) is 15.1 Å². The second kappa shape index (κ2) is 9.33. The Balaban J connectivity index is 1.54. The number of carbonyl (C=O) groups excluding carboxylic acids is 1. The molecule has 1 heterocycles. The number of carbonyl (C=O) groups is 1. The zero-order valence-corrected chi connectivity index (χ0v) is 16.4. The molecule has 0 saturated carbocycles. The Bertz CT molecular complexity index is 996. The maximum absolute atomic E-state index is 12.1. The van der Waals surface area contributed by atoms with Crippen molar-refractivity contribution >= 4 is 17.5 Å². The highest BCUT2D eigenvalue weighted by molar-refractivity contribution is 6.30. The zero-order chi connectivity index (χ0) is 19.9. The van der Waals surface area contributed by atoms with Crippen molar-refractivity contribution in [3.8, 4) is 11.3 Å². The molecule has 0 aliphatic heterocycles. The Kier molecular flexibility index (Phi) is 6.61. The third kappa shape index (κ3) is 5.54. The van der Waals surface area contributed by atoms with E-state index < -0.39 is 0 Å². The van der Waals surface area contributed by atoms with Crippen LogP contribution in [0.2, 0.25) is 5.02 Å². The van der Waals surface area contributed by atoms with Crippen LogP contribution in [0.1, 0.15) is 17.5 Å². The zero-order valence-electron chi connectivity index (χ0n) is 15.7.